The van der Waals surface area contributed by atoms with Gasteiger partial charge in [0.2, 0.25) is 0 Å². The summed E-state index contributed by atoms with van der Waals surface area (Å²) in [5.74, 6) is -1.47. The zero-order valence-corrected chi connectivity index (χ0v) is 21.7. The normalized spacial score (nSPS) is 13.6. The third-order valence-corrected chi connectivity index (χ3v) is 6.78. The molecule has 0 saturated carbocycles. The van der Waals surface area contributed by atoms with Crippen LogP contribution in [0.25, 0.3) is 16.8 Å². The van der Waals surface area contributed by atoms with Crippen molar-refractivity contribution in [1.82, 2.24) is 0 Å². The molecule has 0 spiro atoms. The van der Waals surface area contributed by atoms with Gasteiger partial charge in [-0.1, -0.05) is 78.9 Å². The van der Waals surface area contributed by atoms with E-state index in [0.29, 0.717) is 28.3 Å². The molecule has 6 rings (SSSR count). The molecule has 0 atom stereocenters. The van der Waals surface area contributed by atoms with Crippen molar-refractivity contribution in [2.45, 2.75) is 6.61 Å². The number of halogens is 1. The van der Waals surface area contributed by atoms with Crippen LogP contribution in [0.1, 0.15) is 11.1 Å². The van der Waals surface area contributed by atoms with E-state index in [0.717, 1.165) is 20.6 Å². The van der Waals surface area contributed by atoms with E-state index in [9.17, 15) is 18.8 Å². The molecular formula is C34H23FN2O4. The van der Waals surface area contributed by atoms with Crippen LogP contribution in [-0.2, 0) is 16.2 Å². The van der Waals surface area contributed by atoms with Crippen LogP contribution >= 0.6 is 0 Å². The number of hydrogen-bond acceptors (Lipinski definition) is 4. The van der Waals surface area contributed by atoms with E-state index < -0.39 is 17.8 Å². The number of benzene rings is 5. The second-order valence-electron chi connectivity index (χ2n) is 9.41. The van der Waals surface area contributed by atoms with Crippen LogP contribution in [0.5, 0.6) is 5.75 Å². The van der Waals surface area contributed by atoms with Crippen LogP contribution in [0.15, 0.2) is 127 Å². The summed E-state index contributed by atoms with van der Waals surface area (Å²) in [4.78, 5) is 43.4. The number of carbonyl (C=O) groups is 3. The first-order valence-electron chi connectivity index (χ1n) is 12.9. The zero-order chi connectivity index (χ0) is 28.3. The number of nitrogens with zero attached hydrogens (tertiary/aromatic N) is 2. The van der Waals surface area contributed by atoms with Crippen LogP contribution in [0.3, 0.4) is 0 Å². The molecule has 1 aliphatic rings. The lowest BCUT2D eigenvalue weighted by molar-refractivity contribution is -0.121. The molecule has 5 aromatic carbocycles. The molecule has 6 nitrogen and oxygen atoms in total. The fourth-order valence-corrected chi connectivity index (χ4v) is 4.82. The van der Waals surface area contributed by atoms with Gasteiger partial charge >= 0.3 is 6.03 Å². The highest BCUT2D eigenvalue weighted by atomic mass is 19.1. The number of carbonyl (C=O) groups excluding carboxylic acids is 3. The number of hydrogen-bond donors (Lipinski definition) is 0. The smallest absolute Gasteiger partial charge is 0.343 e. The predicted molar refractivity (Wildman–Crippen MR) is 156 cm³/mol. The Hall–Kier alpha value is -5.56. The Morgan fingerprint density at radius 3 is 1.90 bits per heavy atom. The maximum Gasteiger partial charge on any atom is 0.343 e. The highest BCUT2D eigenvalue weighted by Gasteiger charge is 2.43. The number of rotatable bonds is 6. The fraction of sp³-hybridized carbons (Fsp3) is 0.0294. The van der Waals surface area contributed by atoms with Gasteiger partial charge in [-0.15, -0.1) is 0 Å². The van der Waals surface area contributed by atoms with Gasteiger partial charge in [-0.3, -0.25) is 9.59 Å². The average molecular weight is 543 g/mol. The van der Waals surface area contributed by atoms with Gasteiger partial charge < -0.3 is 4.74 Å². The summed E-state index contributed by atoms with van der Waals surface area (Å²) in [5, 5.41) is 1.61. The Bertz CT molecular complexity index is 1760. The van der Waals surface area contributed by atoms with E-state index in [1.165, 1.54) is 18.2 Å². The summed E-state index contributed by atoms with van der Waals surface area (Å²) < 4.78 is 19.9. The number of urea groups is 1. The van der Waals surface area contributed by atoms with Gasteiger partial charge in [-0.2, -0.15) is 0 Å². The first kappa shape index (κ1) is 25.7. The van der Waals surface area contributed by atoms with Crippen molar-refractivity contribution in [2.24, 2.45) is 0 Å². The molecule has 5 aromatic rings. The van der Waals surface area contributed by atoms with Gasteiger partial charge in [0.1, 0.15) is 23.7 Å². The molecule has 0 unspecified atom stereocenters. The zero-order valence-electron chi connectivity index (χ0n) is 21.7. The van der Waals surface area contributed by atoms with Crippen molar-refractivity contribution in [3.8, 4) is 5.75 Å². The number of imide groups is 2. The van der Waals surface area contributed by atoms with Gasteiger partial charge in [0.15, 0.2) is 0 Å². The third-order valence-electron chi connectivity index (χ3n) is 6.78. The molecule has 0 N–H and O–H groups in total. The Balaban J connectivity index is 1.50. The summed E-state index contributed by atoms with van der Waals surface area (Å²) in [6.45, 7) is 0.0684. The summed E-state index contributed by atoms with van der Waals surface area (Å²) in [5.41, 5.74) is 1.58. The first-order chi connectivity index (χ1) is 20.0. The summed E-state index contributed by atoms with van der Waals surface area (Å²) >= 11 is 0. The van der Waals surface area contributed by atoms with Crippen molar-refractivity contribution in [3.05, 3.63) is 144 Å². The molecule has 0 aliphatic carbocycles. The van der Waals surface area contributed by atoms with E-state index in [1.807, 2.05) is 30.3 Å². The van der Waals surface area contributed by atoms with Gasteiger partial charge in [-0.05, 0) is 64.9 Å². The van der Waals surface area contributed by atoms with Crippen LogP contribution in [-0.4, -0.2) is 17.8 Å². The number of para-hydroxylation sites is 2. The molecule has 1 heterocycles. The van der Waals surface area contributed by atoms with E-state index in [1.54, 1.807) is 78.9 Å². The van der Waals surface area contributed by atoms with Crippen molar-refractivity contribution >= 4 is 46.1 Å². The molecule has 0 bridgehead atoms. The van der Waals surface area contributed by atoms with Crippen LogP contribution in [0, 0.1) is 5.82 Å². The lowest BCUT2D eigenvalue weighted by Gasteiger charge is -2.34. The van der Waals surface area contributed by atoms with Crippen LogP contribution < -0.4 is 14.5 Å². The topological polar surface area (TPSA) is 66.9 Å². The van der Waals surface area contributed by atoms with Gasteiger partial charge in [0.05, 0.1) is 11.4 Å². The van der Waals surface area contributed by atoms with Gasteiger partial charge in [-0.25, -0.2) is 19.0 Å². The predicted octanol–water partition coefficient (Wildman–Crippen LogP) is 7.14. The minimum absolute atomic E-state index is 0.0684. The SMILES string of the molecule is O=C1C(=Cc2c(OCc3cccc(F)c3)ccc3ccccc23)C(=O)N(c2ccccc2)C(=O)N1c1ccccc1. The molecule has 1 fully saturated rings. The summed E-state index contributed by atoms with van der Waals surface area (Å²) in [6, 6.07) is 33.4. The lowest BCUT2D eigenvalue weighted by atomic mass is 9.99. The Kier molecular flexibility index (Phi) is 6.83. The number of ether oxygens (including phenoxy) is 1. The number of fused-ring (bicyclic) bond motifs is 1. The van der Waals surface area contributed by atoms with Crippen LogP contribution in [0.4, 0.5) is 20.6 Å². The molecule has 0 radical (unpaired) electrons. The Morgan fingerprint density at radius 2 is 1.27 bits per heavy atom. The molecule has 41 heavy (non-hydrogen) atoms. The molecular weight excluding hydrogens is 519 g/mol. The highest BCUT2D eigenvalue weighted by molar-refractivity contribution is 6.46. The van der Waals surface area contributed by atoms with Gasteiger partial charge in [0, 0.05) is 5.56 Å². The second kappa shape index (κ2) is 10.9. The minimum Gasteiger partial charge on any atom is -0.488 e. The van der Waals surface area contributed by atoms with E-state index >= 15 is 0 Å². The van der Waals surface area contributed by atoms with E-state index in [-0.39, 0.29) is 18.0 Å². The number of barbiturate groups is 1. The molecule has 1 aliphatic heterocycles. The minimum atomic E-state index is -0.768. The van der Waals surface area contributed by atoms with E-state index in [4.69, 9.17) is 4.74 Å². The maximum atomic E-state index is 13.9. The van der Waals surface area contributed by atoms with Crippen molar-refractivity contribution in [2.75, 3.05) is 9.80 Å². The molecule has 7 heteroatoms. The fourth-order valence-electron chi connectivity index (χ4n) is 4.82. The number of amides is 4. The maximum absolute atomic E-state index is 13.9. The lowest BCUT2D eigenvalue weighted by Crippen LogP contribution is -2.57. The molecule has 0 aromatic heterocycles. The first-order valence-corrected chi connectivity index (χ1v) is 12.9. The van der Waals surface area contributed by atoms with Crippen molar-refractivity contribution in [3.63, 3.8) is 0 Å². The van der Waals surface area contributed by atoms with Crippen molar-refractivity contribution in [1.29, 1.82) is 0 Å². The standard InChI is InChI=1S/C34H23FN2O4/c35-25-12-9-10-23(20-25)22-41-31-19-18-24-11-7-8-17-28(24)29(31)21-30-32(38)36(26-13-3-1-4-14-26)34(40)37(33(30)39)27-15-5-2-6-16-27/h1-21H,22H2. The largest absolute Gasteiger partial charge is 0.488 e. The number of anilines is 2. The second-order valence-corrected chi connectivity index (χ2v) is 9.41. The Labute approximate surface area is 235 Å². The molecule has 4 amide bonds. The van der Waals surface area contributed by atoms with E-state index in [2.05, 4.69) is 0 Å². The van der Waals surface area contributed by atoms with Crippen LogP contribution in [0.2, 0.25) is 0 Å². The third kappa shape index (κ3) is 4.96. The average Bonchev–Trinajstić information content (AvgIpc) is 3.00. The Morgan fingerprint density at radius 1 is 0.659 bits per heavy atom. The monoisotopic (exact) mass is 542 g/mol. The molecule has 1 saturated heterocycles. The quantitative estimate of drug-likeness (QED) is 0.169. The highest BCUT2D eigenvalue weighted by Crippen LogP contribution is 2.34. The summed E-state index contributed by atoms with van der Waals surface area (Å²) in [6.07, 6.45) is 1.48. The summed E-state index contributed by atoms with van der Waals surface area (Å²) in [7, 11) is 0. The van der Waals surface area contributed by atoms with Gasteiger partial charge in [0.25, 0.3) is 11.8 Å². The van der Waals surface area contributed by atoms with Crippen molar-refractivity contribution < 1.29 is 23.5 Å². The molecule has 200 valence electrons.